The van der Waals surface area contributed by atoms with Crippen molar-refractivity contribution in [2.24, 2.45) is 4.99 Å². The van der Waals surface area contributed by atoms with Crippen LogP contribution in [0.25, 0.3) is 0 Å². The quantitative estimate of drug-likeness (QED) is 0.784. The Morgan fingerprint density at radius 3 is 2.85 bits per heavy atom. The molecule has 142 valence electrons. The van der Waals surface area contributed by atoms with Crippen molar-refractivity contribution in [1.29, 1.82) is 0 Å². The van der Waals surface area contributed by atoms with Gasteiger partial charge in [0.15, 0.2) is 0 Å². The van der Waals surface area contributed by atoms with E-state index in [0.717, 1.165) is 48.0 Å². The summed E-state index contributed by atoms with van der Waals surface area (Å²) in [5.41, 5.74) is 3.67. The van der Waals surface area contributed by atoms with E-state index in [0.29, 0.717) is 6.67 Å². The van der Waals surface area contributed by atoms with Crippen LogP contribution in [-0.4, -0.2) is 60.0 Å². The van der Waals surface area contributed by atoms with E-state index in [1.807, 2.05) is 33.2 Å². The van der Waals surface area contributed by atoms with E-state index in [2.05, 4.69) is 32.3 Å². The topological polar surface area (TPSA) is 72.4 Å². The third-order valence-electron chi connectivity index (χ3n) is 4.44. The molecule has 0 aromatic heterocycles. The lowest BCUT2D eigenvalue weighted by atomic mass is 10.1. The van der Waals surface area contributed by atoms with Crippen molar-refractivity contribution in [2.45, 2.75) is 40.2 Å². The molecule has 0 bridgehead atoms. The highest BCUT2D eigenvalue weighted by atomic mass is 16.7. The average Bonchev–Trinajstić information content (AvgIpc) is 3.00. The first kappa shape index (κ1) is 18.3. The fraction of sp³-hybridized carbons (Fsp3) is 0.556. The minimum Gasteiger partial charge on any atom is -0.352 e. The van der Waals surface area contributed by atoms with Crippen LogP contribution in [0.3, 0.4) is 0 Å². The van der Waals surface area contributed by atoms with E-state index in [9.17, 15) is 4.79 Å². The number of aliphatic imine (C=N–C) groups is 1. The van der Waals surface area contributed by atoms with Gasteiger partial charge < -0.3 is 20.4 Å². The zero-order valence-electron chi connectivity index (χ0n) is 16.2. The van der Waals surface area contributed by atoms with Crippen LogP contribution < -0.4 is 10.6 Å². The summed E-state index contributed by atoms with van der Waals surface area (Å²) in [6.45, 7) is 10.4. The minimum absolute atomic E-state index is 0.0720. The molecule has 8 heteroatoms. The second-order valence-corrected chi connectivity index (χ2v) is 6.98. The summed E-state index contributed by atoms with van der Waals surface area (Å²) in [5, 5.41) is 7.66. The number of allylic oxidation sites excluding steroid dienone is 1. The van der Waals surface area contributed by atoms with Crippen LogP contribution in [0, 0.1) is 0 Å². The molecule has 3 heterocycles. The van der Waals surface area contributed by atoms with Crippen molar-refractivity contribution in [3.8, 4) is 0 Å². The van der Waals surface area contributed by atoms with Gasteiger partial charge in [0.2, 0.25) is 0 Å². The van der Waals surface area contributed by atoms with Crippen LogP contribution in [0.1, 0.15) is 34.1 Å². The average molecular weight is 360 g/mol. The largest absolute Gasteiger partial charge is 0.352 e. The number of hydrogen-bond donors (Lipinski definition) is 2. The first-order valence-corrected chi connectivity index (χ1v) is 9.05. The number of hydrogen-bond acceptors (Lipinski definition) is 6. The number of nitrogens with zero attached hydrogens (tertiary/aromatic N) is 4. The van der Waals surface area contributed by atoms with Gasteiger partial charge in [-0.2, -0.15) is 0 Å². The fourth-order valence-corrected chi connectivity index (χ4v) is 3.37. The molecule has 3 rings (SSSR count). The predicted molar refractivity (Wildman–Crippen MR) is 101 cm³/mol. The van der Waals surface area contributed by atoms with Crippen molar-refractivity contribution in [2.75, 3.05) is 26.9 Å². The number of fused-ring (bicyclic) bond motifs is 2. The van der Waals surface area contributed by atoms with Gasteiger partial charge >= 0.3 is 6.03 Å². The molecule has 0 atom stereocenters. The van der Waals surface area contributed by atoms with Crippen LogP contribution in [0.5, 0.6) is 0 Å². The maximum Gasteiger partial charge on any atom is 0.319 e. The Morgan fingerprint density at radius 1 is 1.42 bits per heavy atom. The highest BCUT2D eigenvalue weighted by molar-refractivity contribution is 5.83. The summed E-state index contributed by atoms with van der Waals surface area (Å²) in [6.07, 6.45) is 4.79. The third kappa shape index (κ3) is 3.41. The number of hydroxylamine groups is 2. The Hall–Kier alpha value is -2.48. The Bertz CT molecular complexity index is 706. The molecule has 3 aliphatic heterocycles. The molecule has 2 N–H and O–H groups in total. The molecule has 2 amide bonds. The number of amides is 2. The Kier molecular flexibility index (Phi) is 5.22. The van der Waals surface area contributed by atoms with Gasteiger partial charge in [-0.15, -0.1) is 0 Å². The number of rotatable bonds is 5. The van der Waals surface area contributed by atoms with E-state index >= 15 is 0 Å². The summed E-state index contributed by atoms with van der Waals surface area (Å²) in [6, 6.07) is -0.135. The molecule has 3 aliphatic rings. The van der Waals surface area contributed by atoms with Gasteiger partial charge in [0.1, 0.15) is 18.2 Å². The van der Waals surface area contributed by atoms with Crippen molar-refractivity contribution in [3.63, 3.8) is 0 Å². The molecule has 0 saturated heterocycles. The van der Waals surface area contributed by atoms with Gasteiger partial charge in [0, 0.05) is 19.1 Å². The molecule has 0 saturated carbocycles. The van der Waals surface area contributed by atoms with Crippen LogP contribution in [0.15, 0.2) is 39.7 Å². The van der Waals surface area contributed by atoms with Crippen molar-refractivity contribution < 1.29 is 9.63 Å². The molecule has 0 radical (unpaired) electrons. The van der Waals surface area contributed by atoms with E-state index in [1.54, 1.807) is 12.2 Å². The Labute approximate surface area is 154 Å². The Morgan fingerprint density at radius 2 is 2.19 bits per heavy atom. The highest BCUT2D eigenvalue weighted by Gasteiger charge is 2.36. The van der Waals surface area contributed by atoms with Crippen LogP contribution in [0.4, 0.5) is 4.79 Å². The molecular formula is C18H28N6O2. The van der Waals surface area contributed by atoms with E-state index in [1.165, 1.54) is 0 Å². The number of carbonyl (C=O) groups is 1. The van der Waals surface area contributed by atoms with Crippen LogP contribution >= 0.6 is 0 Å². The van der Waals surface area contributed by atoms with Gasteiger partial charge in [-0.3, -0.25) is 4.84 Å². The maximum atomic E-state index is 12.3. The SMILES string of the molecule is CCCN1CC(C)=C(NC(=O)NC(C)C)C2=C1N1CN(OC)C=C1C=N2. The first-order valence-electron chi connectivity index (χ1n) is 9.05. The van der Waals surface area contributed by atoms with Crippen LogP contribution in [-0.2, 0) is 4.84 Å². The highest BCUT2D eigenvalue weighted by Crippen LogP contribution is 2.36. The van der Waals surface area contributed by atoms with E-state index < -0.39 is 0 Å². The molecule has 8 nitrogen and oxygen atoms in total. The molecule has 0 aliphatic carbocycles. The lowest BCUT2D eigenvalue weighted by Crippen LogP contribution is -2.46. The zero-order chi connectivity index (χ0) is 18.8. The fourth-order valence-electron chi connectivity index (χ4n) is 3.37. The van der Waals surface area contributed by atoms with E-state index in [-0.39, 0.29) is 12.1 Å². The van der Waals surface area contributed by atoms with Gasteiger partial charge in [-0.05, 0) is 32.8 Å². The van der Waals surface area contributed by atoms with Gasteiger partial charge in [0.25, 0.3) is 0 Å². The van der Waals surface area contributed by atoms with Crippen molar-refractivity contribution in [1.82, 2.24) is 25.5 Å². The molecule has 0 spiro atoms. The summed E-state index contributed by atoms with van der Waals surface area (Å²) >= 11 is 0. The maximum absolute atomic E-state index is 12.3. The molecular weight excluding hydrogens is 332 g/mol. The summed E-state index contributed by atoms with van der Waals surface area (Å²) in [5.74, 6) is 1.02. The normalized spacial score (nSPS) is 19.2. The summed E-state index contributed by atoms with van der Waals surface area (Å²) in [7, 11) is 1.65. The summed E-state index contributed by atoms with van der Waals surface area (Å²) in [4.78, 5) is 26.8. The van der Waals surface area contributed by atoms with E-state index in [4.69, 9.17) is 4.84 Å². The number of carbonyl (C=O) groups excluding carboxylic acids is 1. The first-order chi connectivity index (χ1) is 12.4. The second kappa shape index (κ2) is 7.41. The summed E-state index contributed by atoms with van der Waals surface area (Å²) < 4.78 is 0. The standard InChI is InChI=1S/C18H28N6O2/c1-6-7-22-9-13(4)15(21-18(25)20-12(2)3)16-17(22)24-11-23(26-5)10-14(24)8-19-16/h8,10,12H,6-7,9,11H2,1-5H3,(H2,20,21,25). The van der Waals surface area contributed by atoms with Gasteiger partial charge in [-0.1, -0.05) is 6.92 Å². The monoisotopic (exact) mass is 360 g/mol. The second-order valence-electron chi connectivity index (χ2n) is 6.98. The van der Waals surface area contributed by atoms with Crippen molar-refractivity contribution in [3.05, 3.63) is 34.7 Å². The number of nitrogens with one attached hydrogen (secondary N) is 2. The van der Waals surface area contributed by atoms with Crippen LogP contribution in [0.2, 0.25) is 0 Å². The molecule has 0 aromatic carbocycles. The Balaban J connectivity index is 1.95. The molecule has 0 fully saturated rings. The minimum atomic E-state index is -0.207. The zero-order valence-corrected chi connectivity index (χ0v) is 16.2. The number of urea groups is 1. The molecule has 0 aromatic rings. The lowest BCUT2D eigenvalue weighted by Gasteiger charge is -2.40. The third-order valence-corrected chi connectivity index (χ3v) is 4.44. The van der Waals surface area contributed by atoms with Gasteiger partial charge in [0.05, 0.1) is 30.9 Å². The van der Waals surface area contributed by atoms with Gasteiger partial charge in [-0.25, -0.2) is 14.9 Å². The predicted octanol–water partition coefficient (Wildman–Crippen LogP) is 1.93. The lowest BCUT2D eigenvalue weighted by molar-refractivity contribution is -0.0971. The molecule has 0 unspecified atom stereocenters. The molecule has 26 heavy (non-hydrogen) atoms. The smallest absolute Gasteiger partial charge is 0.319 e. The van der Waals surface area contributed by atoms with Crippen molar-refractivity contribution >= 4 is 12.2 Å².